The normalized spacial score (nSPS) is 24.7. The molecule has 2 aromatic heterocycles. The van der Waals surface area contributed by atoms with E-state index in [0.717, 1.165) is 48.3 Å². The van der Waals surface area contributed by atoms with Crippen molar-refractivity contribution in [3.63, 3.8) is 0 Å². The van der Waals surface area contributed by atoms with Gasteiger partial charge in [-0.05, 0) is 85.9 Å². The number of nitrogens with one attached hydrogen (secondary N) is 1. The van der Waals surface area contributed by atoms with Crippen molar-refractivity contribution in [3.8, 4) is 6.07 Å². The monoisotopic (exact) mass is 514 g/mol. The fourth-order valence-electron chi connectivity index (χ4n) is 5.62. The maximum atomic E-state index is 12.9. The van der Waals surface area contributed by atoms with Gasteiger partial charge >= 0.3 is 0 Å². The molecule has 2 aliphatic carbocycles. The first-order chi connectivity index (χ1) is 17.8. The Kier molecular flexibility index (Phi) is 5.76. The fraction of sp³-hybridized carbons (Fsp3) is 0.393. The van der Waals surface area contributed by atoms with E-state index in [0.29, 0.717) is 22.1 Å². The molecule has 1 aliphatic heterocycles. The third kappa shape index (κ3) is 4.27. The highest BCUT2D eigenvalue weighted by atomic mass is 35.5. The number of benzene rings is 1. The van der Waals surface area contributed by atoms with Gasteiger partial charge in [0, 0.05) is 35.9 Å². The van der Waals surface area contributed by atoms with Crippen molar-refractivity contribution in [2.75, 3.05) is 11.4 Å². The summed E-state index contributed by atoms with van der Waals surface area (Å²) in [5, 5.41) is 17.5. The average molecular weight is 515 g/mol. The molecule has 9 heteroatoms. The number of carbonyl (C=O) groups excluding carboxylic acids is 2. The molecule has 37 heavy (non-hydrogen) atoms. The van der Waals surface area contributed by atoms with E-state index in [9.17, 15) is 14.9 Å². The summed E-state index contributed by atoms with van der Waals surface area (Å²) < 4.78 is 1.76. The van der Waals surface area contributed by atoms with Crippen molar-refractivity contribution in [1.82, 2.24) is 20.1 Å². The van der Waals surface area contributed by atoms with Gasteiger partial charge in [-0.25, -0.2) is 4.98 Å². The number of aryl methyl sites for hydroxylation is 1. The largest absolute Gasteiger partial charge is 0.349 e. The first-order valence-electron chi connectivity index (χ1n) is 12.6. The van der Waals surface area contributed by atoms with Crippen LogP contribution in [0.1, 0.15) is 70.8 Å². The van der Waals surface area contributed by atoms with Gasteiger partial charge in [0.2, 0.25) is 5.91 Å². The smallest absolute Gasteiger partial charge is 0.254 e. The van der Waals surface area contributed by atoms with Crippen LogP contribution in [-0.4, -0.2) is 39.2 Å². The molecular formula is C28H27ClN6O2. The van der Waals surface area contributed by atoms with Crippen LogP contribution in [0.2, 0.25) is 5.02 Å². The molecule has 6 rings (SSSR count). The van der Waals surface area contributed by atoms with E-state index in [4.69, 9.17) is 11.6 Å². The SMILES string of the molecule is Cc1cc(C(C)n2cc(C(=O)N[C@H]3C[C@@H](c4cc(Cl)ccc4C#N)C3)cn2)cnc1N1C[C@H]2C[C@H]2C1=O. The second-order valence-corrected chi connectivity index (χ2v) is 11.0. The van der Waals surface area contributed by atoms with Crippen molar-refractivity contribution >= 4 is 29.2 Å². The van der Waals surface area contributed by atoms with Crippen LogP contribution in [0.5, 0.6) is 0 Å². The Morgan fingerprint density at radius 3 is 2.76 bits per heavy atom. The van der Waals surface area contributed by atoms with Gasteiger partial charge in [0.25, 0.3) is 5.91 Å². The second kappa shape index (κ2) is 9.00. The third-order valence-corrected chi connectivity index (χ3v) is 8.28. The topological polar surface area (TPSA) is 104 Å². The summed E-state index contributed by atoms with van der Waals surface area (Å²) in [6, 6.07) is 9.52. The van der Waals surface area contributed by atoms with Crippen LogP contribution in [-0.2, 0) is 4.79 Å². The first-order valence-corrected chi connectivity index (χ1v) is 13.0. The molecule has 0 bridgehead atoms. The summed E-state index contributed by atoms with van der Waals surface area (Å²) >= 11 is 6.12. The summed E-state index contributed by atoms with van der Waals surface area (Å²) in [6.45, 7) is 4.76. The number of carbonyl (C=O) groups is 2. The summed E-state index contributed by atoms with van der Waals surface area (Å²) in [4.78, 5) is 31.8. The van der Waals surface area contributed by atoms with Crippen molar-refractivity contribution in [1.29, 1.82) is 5.26 Å². The predicted molar refractivity (Wildman–Crippen MR) is 138 cm³/mol. The van der Waals surface area contributed by atoms with E-state index >= 15 is 0 Å². The minimum Gasteiger partial charge on any atom is -0.349 e. The molecule has 3 aromatic rings. The van der Waals surface area contributed by atoms with Crippen LogP contribution in [0.15, 0.2) is 42.9 Å². The van der Waals surface area contributed by atoms with Crippen LogP contribution < -0.4 is 10.2 Å². The van der Waals surface area contributed by atoms with Crippen molar-refractivity contribution in [3.05, 3.63) is 75.7 Å². The zero-order chi connectivity index (χ0) is 25.8. The third-order valence-electron chi connectivity index (χ3n) is 8.04. The number of pyridine rings is 1. The molecule has 1 saturated heterocycles. The summed E-state index contributed by atoms with van der Waals surface area (Å²) in [6.07, 6.45) is 7.68. The average Bonchev–Trinajstić information content (AvgIpc) is 3.32. The Labute approximate surface area is 220 Å². The van der Waals surface area contributed by atoms with Crippen molar-refractivity contribution < 1.29 is 9.59 Å². The molecule has 188 valence electrons. The summed E-state index contributed by atoms with van der Waals surface area (Å²) in [5.41, 5.74) is 4.01. The Balaban J connectivity index is 1.08. The number of amides is 2. The van der Waals surface area contributed by atoms with E-state index in [2.05, 4.69) is 21.5 Å². The molecule has 8 nitrogen and oxygen atoms in total. The lowest BCUT2D eigenvalue weighted by Gasteiger charge is -2.36. The summed E-state index contributed by atoms with van der Waals surface area (Å²) in [7, 11) is 0. The van der Waals surface area contributed by atoms with Crippen LogP contribution in [0, 0.1) is 30.1 Å². The molecule has 0 radical (unpaired) electrons. The number of aromatic nitrogens is 3. The van der Waals surface area contributed by atoms with E-state index in [1.807, 2.05) is 30.9 Å². The zero-order valence-electron chi connectivity index (χ0n) is 20.7. The van der Waals surface area contributed by atoms with Gasteiger partial charge in [-0.2, -0.15) is 10.4 Å². The number of anilines is 1. The number of piperidine rings is 1. The number of fused-ring (bicyclic) bond motifs is 1. The van der Waals surface area contributed by atoms with Gasteiger partial charge in [0.1, 0.15) is 5.82 Å². The van der Waals surface area contributed by atoms with E-state index < -0.39 is 0 Å². The van der Waals surface area contributed by atoms with Crippen LogP contribution in [0.4, 0.5) is 5.82 Å². The molecule has 1 N–H and O–H groups in total. The lowest BCUT2D eigenvalue weighted by atomic mass is 9.74. The lowest BCUT2D eigenvalue weighted by Crippen LogP contribution is -2.43. The Bertz CT molecular complexity index is 1450. The van der Waals surface area contributed by atoms with Gasteiger partial charge in [-0.3, -0.25) is 19.2 Å². The molecule has 0 spiro atoms. The molecular weight excluding hydrogens is 488 g/mol. The minimum absolute atomic E-state index is 0.0440. The highest BCUT2D eigenvalue weighted by molar-refractivity contribution is 6.30. The molecule has 3 fully saturated rings. The number of hydrogen-bond acceptors (Lipinski definition) is 5. The highest BCUT2D eigenvalue weighted by Crippen LogP contribution is 2.47. The molecule has 2 amide bonds. The van der Waals surface area contributed by atoms with Crippen molar-refractivity contribution in [2.24, 2.45) is 11.8 Å². The molecule has 3 atom stereocenters. The molecule has 1 unspecified atom stereocenters. The number of halogens is 1. The number of hydrogen-bond donors (Lipinski definition) is 1. The quantitative estimate of drug-likeness (QED) is 0.525. The van der Waals surface area contributed by atoms with Gasteiger partial charge in [-0.1, -0.05) is 11.6 Å². The van der Waals surface area contributed by atoms with Gasteiger partial charge < -0.3 is 5.32 Å². The van der Waals surface area contributed by atoms with Crippen LogP contribution in [0.25, 0.3) is 0 Å². The van der Waals surface area contributed by atoms with E-state index in [1.165, 1.54) is 0 Å². The minimum atomic E-state index is -0.163. The Morgan fingerprint density at radius 1 is 1.24 bits per heavy atom. The van der Waals surface area contributed by atoms with Crippen molar-refractivity contribution in [2.45, 2.75) is 51.1 Å². The zero-order valence-corrected chi connectivity index (χ0v) is 21.4. The number of nitrogens with zero attached hydrogens (tertiary/aromatic N) is 5. The molecule has 3 aliphatic rings. The summed E-state index contributed by atoms with van der Waals surface area (Å²) in [5.74, 6) is 1.68. The fourth-order valence-corrected chi connectivity index (χ4v) is 5.80. The Hall–Kier alpha value is -3.70. The van der Waals surface area contributed by atoms with Crippen LogP contribution >= 0.6 is 11.6 Å². The Morgan fingerprint density at radius 2 is 2.05 bits per heavy atom. The number of rotatable bonds is 6. The van der Waals surface area contributed by atoms with Gasteiger partial charge in [0.05, 0.1) is 29.4 Å². The number of nitriles is 1. The maximum absolute atomic E-state index is 12.9. The van der Waals surface area contributed by atoms with Gasteiger partial charge in [0.15, 0.2) is 0 Å². The van der Waals surface area contributed by atoms with Gasteiger partial charge in [-0.15, -0.1) is 0 Å². The van der Waals surface area contributed by atoms with E-state index in [1.54, 1.807) is 35.4 Å². The highest BCUT2D eigenvalue weighted by Gasteiger charge is 2.53. The molecule has 3 heterocycles. The first kappa shape index (κ1) is 23.7. The maximum Gasteiger partial charge on any atom is 0.254 e. The van der Waals surface area contributed by atoms with E-state index in [-0.39, 0.29) is 35.7 Å². The lowest BCUT2D eigenvalue weighted by molar-refractivity contribution is -0.118. The molecule has 1 aromatic carbocycles. The second-order valence-electron chi connectivity index (χ2n) is 10.5. The molecule has 2 saturated carbocycles. The predicted octanol–water partition coefficient (Wildman–Crippen LogP) is 4.38. The standard InChI is InChI=1S/C28H27ClN6O2/c1-15-5-19(11-31-26(15)34-13-20-8-25(20)28(34)37)16(2)35-14-21(12-32-35)27(36)33-23-6-18(7-23)24-9-22(29)4-3-17(24)10-30/h3-5,9,11-12,14,16,18,20,23,25H,6-8,13H2,1-2H3,(H,33,36)/t16?,18-,20-,23+,25-/m1/s1. The van der Waals surface area contributed by atoms with Crippen LogP contribution in [0.3, 0.4) is 0 Å².